The number of aliphatic hydroxyl groups excluding tert-OH is 8. The molecule has 2 fully saturated rings. The maximum atomic E-state index is 11.5. The van der Waals surface area contributed by atoms with Crippen molar-refractivity contribution >= 4 is 5.97 Å². The number of esters is 1. The van der Waals surface area contributed by atoms with Crippen LogP contribution >= 0.6 is 0 Å². The number of carbonyl (C=O) groups is 1. The van der Waals surface area contributed by atoms with Crippen LogP contribution in [0, 0.1) is 0 Å². The molecule has 8 N–H and O–H groups in total. The van der Waals surface area contributed by atoms with Gasteiger partial charge in [0.25, 0.3) is 0 Å². The third-order valence-corrected chi connectivity index (χ3v) is 4.15. The molecule has 2 aliphatic heterocycles. The third kappa shape index (κ3) is 3.93. The van der Waals surface area contributed by atoms with Gasteiger partial charge in [-0.2, -0.15) is 0 Å². The second-order valence-corrected chi connectivity index (χ2v) is 5.89. The van der Waals surface area contributed by atoms with E-state index in [9.17, 15) is 35.4 Å². The predicted octanol–water partition coefficient (Wildman–Crippen LogP) is -5.83. The number of rotatable bonds is 7. The fraction of sp³-hybridized carbons (Fsp3) is 0.923. The molecule has 2 heterocycles. The maximum Gasteiger partial charge on any atom is 0.339 e. The first-order chi connectivity index (χ1) is 11.7. The Morgan fingerprint density at radius 1 is 0.960 bits per heavy atom. The summed E-state index contributed by atoms with van der Waals surface area (Å²) in [4.78, 5) is 11.5. The zero-order chi connectivity index (χ0) is 18.9. The van der Waals surface area contributed by atoms with Gasteiger partial charge in [0.15, 0.2) is 18.5 Å². The minimum Gasteiger partial charge on any atom is -0.454 e. The highest BCUT2D eigenvalue weighted by Gasteiger charge is 2.54. The van der Waals surface area contributed by atoms with E-state index in [0.29, 0.717) is 0 Å². The molecule has 0 aliphatic carbocycles. The van der Waals surface area contributed by atoms with E-state index in [0.717, 1.165) is 0 Å². The van der Waals surface area contributed by atoms with E-state index in [1.807, 2.05) is 0 Å². The van der Waals surface area contributed by atoms with Crippen molar-refractivity contribution in [2.75, 3.05) is 13.2 Å². The van der Waals surface area contributed by atoms with Gasteiger partial charge in [-0.15, -0.1) is 0 Å². The van der Waals surface area contributed by atoms with Crippen molar-refractivity contribution in [3.63, 3.8) is 0 Å². The lowest BCUT2D eigenvalue weighted by atomic mass is 9.95. The number of carbonyl (C=O) groups excluding carboxylic acids is 1. The number of ether oxygens (including phenoxy) is 3. The summed E-state index contributed by atoms with van der Waals surface area (Å²) < 4.78 is 14.9. The summed E-state index contributed by atoms with van der Waals surface area (Å²) in [7, 11) is 0. The van der Waals surface area contributed by atoms with Crippen LogP contribution in [0.5, 0.6) is 0 Å². The van der Waals surface area contributed by atoms with Crippen LogP contribution in [0.2, 0.25) is 0 Å². The van der Waals surface area contributed by atoms with Crippen molar-refractivity contribution in [2.24, 2.45) is 0 Å². The molecule has 0 radical (unpaired) electrons. The van der Waals surface area contributed by atoms with E-state index in [1.165, 1.54) is 0 Å². The predicted molar refractivity (Wildman–Crippen MR) is 73.6 cm³/mol. The van der Waals surface area contributed by atoms with Crippen LogP contribution in [0.15, 0.2) is 0 Å². The average Bonchev–Trinajstić information content (AvgIpc) is 2.61. The van der Waals surface area contributed by atoms with Gasteiger partial charge in [0.1, 0.15) is 42.7 Å². The molecule has 25 heavy (non-hydrogen) atoms. The largest absolute Gasteiger partial charge is 0.454 e. The van der Waals surface area contributed by atoms with Crippen LogP contribution in [0.4, 0.5) is 0 Å². The molecule has 6 unspecified atom stereocenters. The zero-order valence-electron chi connectivity index (χ0n) is 12.9. The SMILES string of the molecule is O=C1O[C@@H]([C@H](O)[C@H](O)CO)[C@H]1OC1OC(C(O)CO)C(O)C(O)C1O. The van der Waals surface area contributed by atoms with Gasteiger partial charge in [-0.05, 0) is 0 Å². The Bertz CT molecular complexity index is 460. The van der Waals surface area contributed by atoms with Crippen molar-refractivity contribution in [3.05, 3.63) is 0 Å². The van der Waals surface area contributed by atoms with Crippen LogP contribution in [-0.2, 0) is 19.0 Å². The van der Waals surface area contributed by atoms with E-state index in [1.54, 1.807) is 0 Å². The van der Waals surface area contributed by atoms with Gasteiger partial charge >= 0.3 is 5.97 Å². The summed E-state index contributed by atoms with van der Waals surface area (Å²) in [5.41, 5.74) is 0. The Hall–Kier alpha value is -0.930. The minimum absolute atomic E-state index is 0.805. The molecular formula is C13H22O12. The monoisotopic (exact) mass is 370 g/mol. The topological polar surface area (TPSA) is 207 Å². The molecule has 0 bridgehead atoms. The lowest BCUT2D eigenvalue weighted by Crippen LogP contribution is -2.66. The minimum atomic E-state index is -1.81. The highest BCUT2D eigenvalue weighted by atomic mass is 16.7. The fourth-order valence-electron chi connectivity index (χ4n) is 2.59. The van der Waals surface area contributed by atoms with Crippen molar-refractivity contribution in [3.8, 4) is 0 Å². The van der Waals surface area contributed by atoms with Gasteiger partial charge in [0.2, 0.25) is 0 Å². The van der Waals surface area contributed by atoms with Crippen molar-refractivity contribution < 1.29 is 59.9 Å². The van der Waals surface area contributed by atoms with Crippen molar-refractivity contribution in [2.45, 2.75) is 61.2 Å². The second kappa shape index (κ2) is 8.18. The number of hydrogen-bond acceptors (Lipinski definition) is 12. The van der Waals surface area contributed by atoms with Gasteiger partial charge < -0.3 is 55.1 Å². The summed E-state index contributed by atoms with van der Waals surface area (Å²) >= 11 is 0. The fourth-order valence-corrected chi connectivity index (χ4v) is 2.59. The van der Waals surface area contributed by atoms with E-state index in [4.69, 9.17) is 19.7 Å². The lowest BCUT2D eigenvalue weighted by Gasteiger charge is -2.45. The molecule has 12 nitrogen and oxygen atoms in total. The Balaban J connectivity index is 2.07. The van der Waals surface area contributed by atoms with Crippen LogP contribution in [-0.4, -0.2) is 121 Å². The maximum absolute atomic E-state index is 11.5. The van der Waals surface area contributed by atoms with Crippen LogP contribution in [0.3, 0.4) is 0 Å². The molecule has 146 valence electrons. The summed E-state index contributed by atoms with van der Waals surface area (Å²) in [6, 6.07) is 0. The van der Waals surface area contributed by atoms with Crippen LogP contribution < -0.4 is 0 Å². The molecule has 2 saturated heterocycles. The Kier molecular flexibility index (Phi) is 6.67. The normalized spacial score (nSPS) is 42.2. The van der Waals surface area contributed by atoms with Gasteiger partial charge in [-0.3, -0.25) is 0 Å². The molecule has 0 amide bonds. The lowest BCUT2D eigenvalue weighted by molar-refractivity contribution is -0.338. The first-order valence-corrected chi connectivity index (χ1v) is 7.54. The smallest absolute Gasteiger partial charge is 0.339 e. The van der Waals surface area contributed by atoms with E-state index < -0.39 is 80.4 Å². The molecule has 2 aliphatic rings. The van der Waals surface area contributed by atoms with Gasteiger partial charge in [0.05, 0.1) is 13.2 Å². The molecule has 0 aromatic heterocycles. The van der Waals surface area contributed by atoms with E-state index in [2.05, 4.69) is 4.74 Å². The Morgan fingerprint density at radius 3 is 2.12 bits per heavy atom. The second-order valence-electron chi connectivity index (χ2n) is 5.89. The quantitative estimate of drug-likeness (QED) is 0.197. The highest BCUT2D eigenvalue weighted by molar-refractivity contribution is 5.81. The molecule has 0 saturated carbocycles. The summed E-state index contributed by atoms with van der Waals surface area (Å²) in [6.45, 7) is -1.62. The first-order valence-electron chi connectivity index (χ1n) is 7.54. The zero-order valence-corrected chi connectivity index (χ0v) is 12.9. The Labute approximate surface area is 141 Å². The summed E-state index contributed by atoms with van der Waals surface area (Å²) in [5, 5.41) is 76.0. The number of aliphatic hydroxyl groups is 8. The standard InChI is InChI=1S/C13H22O12/c14-1-3(16)5(18)10-11(12(22)23-10)25-13-8(21)6(19)7(20)9(24-13)4(17)2-15/h3-11,13-21H,1-2H2/t3-,4?,5-,6?,7?,8?,9?,10+,11-,13?/m1/s1. The van der Waals surface area contributed by atoms with Crippen LogP contribution in [0.25, 0.3) is 0 Å². The first kappa shape index (κ1) is 20.4. The van der Waals surface area contributed by atoms with Gasteiger partial charge in [0, 0.05) is 0 Å². The van der Waals surface area contributed by atoms with Crippen molar-refractivity contribution in [1.82, 2.24) is 0 Å². The van der Waals surface area contributed by atoms with Gasteiger partial charge in [-0.25, -0.2) is 4.79 Å². The molecule has 0 aromatic carbocycles. The van der Waals surface area contributed by atoms with Gasteiger partial charge in [-0.1, -0.05) is 0 Å². The molecule has 2 rings (SSSR count). The molecule has 0 spiro atoms. The molecular weight excluding hydrogens is 348 g/mol. The van der Waals surface area contributed by atoms with E-state index >= 15 is 0 Å². The Morgan fingerprint density at radius 2 is 1.60 bits per heavy atom. The molecule has 0 aromatic rings. The highest BCUT2D eigenvalue weighted by Crippen LogP contribution is 2.30. The number of cyclic esters (lactones) is 1. The third-order valence-electron chi connectivity index (χ3n) is 4.15. The summed E-state index contributed by atoms with van der Waals surface area (Å²) in [6.07, 6.45) is -16.3. The summed E-state index contributed by atoms with van der Waals surface area (Å²) in [5.74, 6) is -0.954. The molecule has 12 heteroatoms. The number of hydrogen-bond donors (Lipinski definition) is 8. The molecule has 10 atom stereocenters. The van der Waals surface area contributed by atoms with E-state index in [-0.39, 0.29) is 0 Å². The van der Waals surface area contributed by atoms with Crippen molar-refractivity contribution in [1.29, 1.82) is 0 Å². The average molecular weight is 370 g/mol. The van der Waals surface area contributed by atoms with Crippen LogP contribution in [0.1, 0.15) is 0 Å².